The molecule has 2 saturated heterocycles. The Labute approximate surface area is 454 Å². The van der Waals surface area contributed by atoms with E-state index in [1.165, 1.54) is 154 Å². The van der Waals surface area contributed by atoms with E-state index in [-0.39, 0.29) is 38.0 Å². The molecule has 4 N–H and O–H groups in total. The zero-order valence-corrected chi connectivity index (χ0v) is 48.7. The predicted molar refractivity (Wildman–Crippen MR) is 304 cm³/mol. The molecule has 0 bridgehead atoms. The van der Waals surface area contributed by atoms with Crippen LogP contribution in [0.3, 0.4) is 0 Å². The maximum Gasteiger partial charge on any atom is 0.306 e. The van der Waals surface area contributed by atoms with Crippen LogP contribution in [0, 0.1) is 0 Å². The van der Waals surface area contributed by atoms with Crippen LogP contribution < -0.4 is 0 Å². The molecular formula is C62H120N2O10. The number of aliphatic hydroxyl groups excluding tert-OH is 4. The van der Waals surface area contributed by atoms with Crippen molar-refractivity contribution >= 4 is 11.9 Å². The van der Waals surface area contributed by atoms with Gasteiger partial charge in [-0.1, -0.05) is 233 Å². The minimum absolute atomic E-state index is 0.175. The van der Waals surface area contributed by atoms with Gasteiger partial charge < -0.3 is 39.4 Å². The average molecular weight is 1050 g/mol. The van der Waals surface area contributed by atoms with Crippen LogP contribution in [-0.2, 0) is 28.5 Å². The second kappa shape index (κ2) is 47.6. The zero-order valence-electron chi connectivity index (χ0n) is 48.7. The Bertz CT molecular complexity index is 1130. The van der Waals surface area contributed by atoms with Crippen LogP contribution in [0.1, 0.15) is 285 Å². The van der Waals surface area contributed by atoms with E-state index in [0.717, 1.165) is 77.0 Å². The molecule has 0 aromatic heterocycles. The lowest BCUT2D eigenvalue weighted by Crippen LogP contribution is -2.39. The van der Waals surface area contributed by atoms with E-state index in [2.05, 4.69) is 37.5 Å². The summed E-state index contributed by atoms with van der Waals surface area (Å²) in [5, 5.41) is 44.2. The van der Waals surface area contributed by atoms with E-state index >= 15 is 0 Å². The van der Waals surface area contributed by atoms with E-state index in [9.17, 15) is 30.0 Å². The fourth-order valence-corrected chi connectivity index (χ4v) is 11.1. The summed E-state index contributed by atoms with van der Waals surface area (Å²) in [6.07, 6.45) is 39.5. The minimum atomic E-state index is -0.586. The Kier molecular flexibility index (Phi) is 44.2. The standard InChI is InChI=1S/C62H120N2O10/c1-5-9-13-17-21-25-29-33-39-53(65)47-63(48-54(66)40-34-30-26-22-18-14-10-6-2)45-37-43-59(69)73-57-51-71-62-58(52-72-61(57)62)74-60(70)44-38-46-64(49-55(67)41-35-31-27-23-19-15-11-7-3)50-56(68)42-36-32-28-24-20-16-12-8-4/h53-58,61-62,65-68H,5-52H2,1-4H3/t53?,54?,55?,56?,57-,58-,61?,62?/m1/s1. The van der Waals surface area contributed by atoms with Crippen molar-refractivity contribution in [3.8, 4) is 0 Å². The third-order valence-electron chi connectivity index (χ3n) is 15.7. The maximum absolute atomic E-state index is 13.2. The molecular weight excluding hydrogens is 933 g/mol. The third-order valence-corrected chi connectivity index (χ3v) is 15.7. The second-order valence-corrected chi connectivity index (χ2v) is 23.0. The fourth-order valence-electron chi connectivity index (χ4n) is 11.1. The summed E-state index contributed by atoms with van der Waals surface area (Å²) in [4.78, 5) is 30.7. The SMILES string of the molecule is CCCCCCCCCCC(O)CN(CCCC(=O)O[C@@H]1COC2C1OC[C@H]2OC(=O)CCCN(CC(O)CCCCCCCCCC)CC(O)CCCCCCCCCC)CC(O)CCCCCCCCCC. The molecule has 12 nitrogen and oxygen atoms in total. The van der Waals surface area contributed by atoms with Gasteiger partial charge in [-0.05, 0) is 51.6 Å². The number of rotatable bonds is 54. The van der Waals surface area contributed by atoms with Gasteiger partial charge in [0.25, 0.3) is 0 Å². The molecule has 2 rings (SSSR count). The van der Waals surface area contributed by atoms with Crippen LogP contribution >= 0.6 is 0 Å². The van der Waals surface area contributed by atoms with Gasteiger partial charge in [0.15, 0.2) is 12.2 Å². The van der Waals surface area contributed by atoms with Crippen LogP contribution in [0.25, 0.3) is 0 Å². The zero-order chi connectivity index (χ0) is 53.7. The highest BCUT2D eigenvalue weighted by Crippen LogP contribution is 2.31. The number of hydrogen-bond acceptors (Lipinski definition) is 12. The largest absolute Gasteiger partial charge is 0.457 e. The summed E-state index contributed by atoms with van der Waals surface area (Å²) in [5.41, 5.74) is 0. The summed E-state index contributed by atoms with van der Waals surface area (Å²) in [5.74, 6) is -0.671. The van der Waals surface area contributed by atoms with Gasteiger partial charge in [0.05, 0.1) is 37.6 Å². The number of unbranched alkanes of at least 4 members (excludes halogenated alkanes) is 28. The smallest absolute Gasteiger partial charge is 0.306 e. The highest BCUT2D eigenvalue weighted by atomic mass is 16.7. The molecule has 74 heavy (non-hydrogen) atoms. The number of nitrogens with zero attached hydrogens (tertiary/aromatic N) is 2. The van der Waals surface area contributed by atoms with E-state index in [1.54, 1.807) is 0 Å². The molecule has 0 amide bonds. The normalized spacial score (nSPS) is 19.3. The number of carbonyl (C=O) groups excluding carboxylic acids is 2. The summed E-state index contributed by atoms with van der Waals surface area (Å²) < 4.78 is 23.9. The maximum atomic E-state index is 13.2. The van der Waals surface area contributed by atoms with E-state index in [4.69, 9.17) is 18.9 Å². The van der Waals surface area contributed by atoms with Crippen molar-refractivity contribution in [3.63, 3.8) is 0 Å². The summed E-state index contributed by atoms with van der Waals surface area (Å²) in [7, 11) is 0. The van der Waals surface area contributed by atoms with Crippen LogP contribution in [0.5, 0.6) is 0 Å². The van der Waals surface area contributed by atoms with Gasteiger partial charge in [0.1, 0.15) is 12.2 Å². The van der Waals surface area contributed by atoms with Gasteiger partial charge in [-0.2, -0.15) is 0 Å². The van der Waals surface area contributed by atoms with Crippen molar-refractivity contribution in [1.29, 1.82) is 0 Å². The lowest BCUT2D eigenvalue weighted by Gasteiger charge is -2.27. The van der Waals surface area contributed by atoms with Crippen molar-refractivity contribution in [2.45, 2.75) is 333 Å². The fraction of sp³-hybridized carbons (Fsp3) is 0.968. The van der Waals surface area contributed by atoms with E-state index in [0.29, 0.717) is 52.1 Å². The molecule has 0 aromatic carbocycles. The van der Waals surface area contributed by atoms with Gasteiger partial charge in [0, 0.05) is 39.0 Å². The van der Waals surface area contributed by atoms with E-state index < -0.39 is 48.8 Å². The molecule has 8 atom stereocenters. The van der Waals surface area contributed by atoms with Crippen LogP contribution in [0.15, 0.2) is 0 Å². The molecule has 2 heterocycles. The molecule has 12 heteroatoms. The number of esters is 2. The highest BCUT2D eigenvalue weighted by molar-refractivity contribution is 5.70. The quantitative estimate of drug-likeness (QED) is 0.0338. The average Bonchev–Trinajstić information content (AvgIpc) is 3.97. The van der Waals surface area contributed by atoms with Crippen molar-refractivity contribution in [2.24, 2.45) is 0 Å². The number of carbonyl (C=O) groups is 2. The third kappa shape index (κ3) is 36.7. The Hall–Kier alpha value is -1.38. The van der Waals surface area contributed by atoms with Gasteiger partial charge in [-0.15, -0.1) is 0 Å². The number of hydrogen-bond donors (Lipinski definition) is 4. The lowest BCUT2D eigenvalue weighted by atomic mass is 10.0. The first kappa shape index (κ1) is 68.7. The molecule has 6 unspecified atom stereocenters. The molecule has 0 aliphatic carbocycles. The first-order valence-corrected chi connectivity index (χ1v) is 31.9. The molecule has 0 spiro atoms. The molecule has 438 valence electrons. The predicted octanol–water partition coefficient (Wildman–Crippen LogP) is 13.3. The number of aliphatic hydroxyl groups is 4. The van der Waals surface area contributed by atoms with Crippen molar-refractivity contribution in [1.82, 2.24) is 9.80 Å². The number of fused-ring (bicyclic) bond motifs is 1. The summed E-state index contributed by atoms with van der Waals surface area (Å²) >= 11 is 0. The van der Waals surface area contributed by atoms with Crippen molar-refractivity contribution < 1.29 is 49.0 Å². The lowest BCUT2D eigenvalue weighted by molar-refractivity contribution is -0.155. The monoisotopic (exact) mass is 1050 g/mol. The molecule has 0 radical (unpaired) electrons. The van der Waals surface area contributed by atoms with Gasteiger partial charge in [-0.25, -0.2) is 0 Å². The first-order chi connectivity index (χ1) is 36.1. The van der Waals surface area contributed by atoms with E-state index in [1.807, 2.05) is 0 Å². The molecule has 2 aliphatic heterocycles. The minimum Gasteiger partial charge on any atom is -0.457 e. The van der Waals surface area contributed by atoms with Crippen LogP contribution in [0.4, 0.5) is 0 Å². The molecule has 2 aliphatic rings. The Morgan fingerprint density at radius 2 is 0.608 bits per heavy atom. The summed E-state index contributed by atoms with van der Waals surface area (Å²) in [6, 6.07) is 0. The molecule has 0 saturated carbocycles. The molecule has 0 aromatic rings. The van der Waals surface area contributed by atoms with Crippen LogP contribution in [0.2, 0.25) is 0 Å². The Morgan fingerprint density at radius 3 is 0.851 bits per heavy atom. The van der Waals surface area contributed by atoms with Crippen molar-refractivity contribution in [2.75, 3.05) is 52.5 Å². The van der Waals surface area contributed by atoms with Gasteiger partial charge >= 0.3 is 11.9 Å². The van der Waals surface area contributed by atoms with Gasteiger partial charge in [-0.3, -0.25) is 19.4 Å². The Morgan fingerprint density at radius 1 is 0.378 bits per heavy atom. The highest BCUT2D eigenvalue weighted by Gasteiger charge is 2.51. The molecule has 2 fully saturated rings. The van der Waals surface area contributed by atoms with Gasteiger partial charge in [0.2, 0.25) is 0 Å². The number of ether oxygens (including phenoxy) is 4. The second-order valence-electron chi connectivity index (χ2n) is 23.0. The van der Waals surface area contributed by atoms with Crippen LogP contribution in [-0.4, -0.2) is 143 Å². The summed E-state index contributed by atoms with van der Waals surface area (Å²) in [6.45, 7) is 12.4. The van der Waals surface area contributed by atoms with Crippen molar-refractivity contribution in [3.05, 3.63) is 0 Å². The topological polar surface area (TPSA) is 158 Å². The Balaban J connectivity index is 1.81. The first-order valence-electron chi connectivity index (χ1n) is 31.9.